The lowest BCUT2D eigenvalue weighted by Gasteiger charge is -2.32. The van der Waals surface area contributed by atoms with E-state index in [4.69, 9.17) is 4.74 Å². The molecule has 3 atom stereocenters. The molecular weight excluding hydrogens is 242 g/mol. The predicted molar refractivity (Wildman–Crippen MR) is 72.4 cm³/mol. The second-order valence-electron chi connectivity index (χ2n) is 5.85. The molecule has 1 aliphatic heterocycles. The molecule has 1 saturated carbocycles. The Balaban J connectivity index is 2.25. The third-order valence-corrected chi connectivity index (χ3v) is 4.23. The van der Waals surface area contributed by atoms with Gasteiger partial charge >= 0.3 is 5.97 Å². The zero-order valence-corrected chi connectivity index (χ0v) is 12.0. The van der Waals surface area contributed by atoms with E-state index >= 15 is 0 Å². The molecule has 0 N–H and O–H groups in total. The van der Waals surface area contributed by atoms with Gasteiger partial charge in [-0.2, -0.15) is 0 Å². The molecule has 2 aliphatic rings. The van der Waals surface area contributed by atoms with Crippen molar-refractivity contribution in [2.45, 2.75) is 58.0 Å². The first-order chi connectivity index (χ1) is 9.04. The molecule has 0 radical (unpaired) electrons. The van der Waals surface area contributed by atoms with Gasteiger partial charge in [0.2, 0.25) is 5.91 Å². The summed E-state index contributed by atoms with van der Waals surface area (Å²) in [4.78, 5) is 26.1. The van der Waals surface area contributed by atoms with Gasteiger partial charge in [0.05, 0.1) is 7.11 Å². The van der Waals surface area contributed by atoms with Gasteiger partial charge in [-0.25, -0.2) is 4.79 Å². The number of amides is 1. The van der Waals surface area contributed by atoms with Crippen molar-refractivity contribution >= 4 is 11.9 Å². The minimum absolute atomic E-state index is 0.0372. The second-order valence-corrected chi connectivity index (χ2v) is 5.85. The van der Waals surface area contributed by atoms with Gasteiger partial charge in [-0.15, -0.1) is 0 Å². The molecule has 0 aromatic carbocycles. The SMILES string of the molecule is COC(=O)[C@@H]1C[C@H]2CCCC[C@@H]2N1C(=O)C=C(C)C. The molecular formula is C15H23NO3. The number of carbonyl (C=O) groups excluding carboxylic acids is 2. The largest absolute Gasteiger partial charge is 0.467 e. The third kappa shape index (κ3) is 2.82. The van der Waals surface area contributed by atoms with Gasteiger partial charge in [0, 0.05) is 12.1 Å². The summed E-state index contributed by atoms with van der Waals surface area (Å²) < 4.78 is 4.87. The Morgan fingerprint density at radius 1 is 1.21 bits per heavy atom. The lowest BCUT2D eigenvalue weighted by molar-refractivity contribution is -0.150. The molecule has 2 rings (SSSR count). The second kappa shape index (κ2) is 5.76. The van der Waals surface area contributed by atoms with Crippen LogP contribution in [0.15, 0.2) is 11.6 Å². The Morgan fingerprint density at radius 2 is 1.89 bits per heavy atom. The fourth-order valence-corrected chi connectivity index (χ4v) is 3.45. The monoisotopic (exact) mass is 265 g/mol. The van der Waals surface area contributed by atoms with E-state index in [1.807, 2.05) is 13.8 Å². The first kappa shape index (κ1) is 14.1. The van der Waals surface area contributed by atoms with Gasteiger partial charge in [0.25, 0.3) is 0 Å². The number of hydrogen-bond donors (Lipinski definition) is 0. The maximum absolute atomic E-state index is 12.4. The van der Waals surface area contributed by atoms with Gasteiger partial charge in [-0.05, 0) is 39.0 Å². The number of nitrogens with zero attached hydrogens (tertiary/aromatic N) is 1. The highest BCUT2D eigenvalue weighted by Crippen LogP contribution is 2.40. The van der Waals surface area contributed by atoms with Crippen molar-refractivity contribution in [2.24, 2.45) is 5.92 Å². The number of rotatable bonds is 2. The van der Waals surface area contributed by atoms with Gasteiger partial charge in [0.1, 0.15) is 6.04 Å². The molecule has 0 aromatic heterocycles. The topological polar surface area (TPSA) is 46.6 Å². The van der Waals surface area contributed by atoms with E-state index in [0.717, 1.165) is 31.3 Å². The summed E-state index contributed by atoms with van der Waals surface area (Å²) in [6.45, 7) is 3.80. The number of esters is 1. The molecule has 1 heterocycles. The Kier molecular flexibility index (Phi) is 4.27. The average molecular weight is 265 g/mol. The number of likely N-dealkylation sites (tertiary alicyclic amines) is 1. The zero-order chi connectivity index (χ0) is 14.0. The predicted octanol–water partition coefficient (Wildman–Crippen LogP) is 2.29. The number of methoxy groups -OCH3 is 1. The summed E-state index contributed by atoms with van der Waals surface area (Å²) in [5.74, 6) is 0.155. The van der Waals surface area contributed by atoms with Crippen molar-refractivity contribution in [2.75, 3.05) is 7.11 Å². The molecule has 106 valence electrons. The van der Waals surface area contributed by atoms with Gasteiger partial charge in [0.15, 0.2) is 0 Å². The van der Waals surface area contributed by atoms with E-state index < -0.39 is 0 Å². The van der Waals surface area contributed by atoms with Gasteiger partial charge in [-0.1, -0.05) is 18.4 Å². The number of ether oxygens (including phenoxy) is 1. The maximum Gasteiger partial charge on any atom is 0.328 e. The van der Waals surface area contributed by atoms with Crippen LogP contribution in [0.2, 0.25) is 0 Å². The van der Waals surface area contributed by atoms with E-state index in [2.05, 4.69) is 0 Å². The Hall–Kier alpha value is -1.32. The molecule has 1 aliphatic carbocycles. The summed E-state index contributed by atoms with van der Waals surface area (Å²) in [6, 6.07) is -0.165. The first-order valence-electron chi connectivity index (χ1n) is 7.09. The smallest absolute Gasteiger partial charge is 0.328 e. The number of fused-ring (bicyclic) bond motifs is 1. The Bertz CT molecular complexity index is 398. The first-order valence-corrected chi connectivity index (χ1v) is 7.09. The molecule has 4 heteroatoms. The molecule has 0 spiro atoms. The minimum atomic E-state index is -0.388. The summed E-state index contributed by atoms with van der Waals surface area (Å²) in [5.41, 5.74) is 0.966. The van der Waals surface area contributed by atoms with Crippen molar-refractivity contribution < 1.29 is 14.3 Å². The van der Waals surface area contributed by atoms with E-state index in [9.17, 15) is 9.59 Å². The van der Waals surface area contributed by atoms with Gasteiger partial charge < -0.3 is 9.64 Å². The lowest BCUT2D eigenvalue weighted by atomic mass is 9.85. The van der Waals surface area contributed by atoms with E-state index in [0.29, 0.717) is 5.92 Å². The van der Waals surface area contributed by atoms with Crippen LogP contribution in [0.1, 0.15) is 46.0 Å². The summed E-state index contributed by atoms with van der Waals surface area (Å²) in [7, 11) is 1.40. The highest BCUT2D eigenvalue weighted by Gasteiger charge is 2.47. The third-order valence-electron chi connectivity index (χ3n) is 4.23. The summed E-state index contributed by atoms with van der Waals surface area (Å²) in [6.07, 6.45) is 6.89. The molecule has 0 aromatic rings. The standard InChI is InChI=1S/C15H23NO3/c1-10(2)8-14(17)16-12-7-5-4-6-11(12)9-13(16)15(18)19-3/h8,11-13H,4-7,9H2,1-3H3/t11-,12+,13+/m1/s1. The number of allylic oxidation sites excluding steroid dienone is 1. The summed E-state index contributed by atoms with van der Waals surface area (Å²) in [5, 5.41) is 0. The average Bonchev–Trinajstić information content (AvgIpc) is 2.76. The van der Waals surface area contributed by atoms with Crippen molar-refractivity contribution in [1.82, 2.24) is 4.90 Å². The molecule has 1 saturated heterocycles. The van der Waals surface area contributed by atoms with Gasteiger partial charge in [-0.3, -0.25) is 4.79 Å². The van der Waals surface area contributed by atoms with Crippen LogP contribution in [-0.2, 0) is 14.3 Å². The minimum Gasteiger partial charge on any atom is -0.467 e. The van der Waals surface area contributed by atoms with Crippen molar-refractivity contribution in [3.63, 3.8) is 0 Å². The van der Waals surface area contributed by atoms with Crippen molar-refractivity contribution in [1.29, 1.82) is 0 Å². The Labute approximate surface area is 114 Å². The van der Waals surface area contributed by atoms with Crippen molar-refractivity contribution in [3.8, 4) is 0 Å². The zero-order valence-electron chi connectivity index (χ0n) is 12.0. The van der Waals surface area contributed by atoms with Crippen molar-refractivity contribution in [3.05, 3.63) is 11.6 Å². The molecule has 0 unspecified atom stereocenters. The van der Waals surface area contributed by atoms with Crippen LogP contribution in [0, 0.1) is 5.92 Å². The lowest BCUT2D eigenvalue weighted by Crippen LogP contribution is -2.46. The normalized spacial score (nSPS) is 29.6. The fourth-order valence-electron chi connectivity index (χ4n) is 3.45. The van der Waals surface area contributed by atoms with Crippen LogP contribution < -0.4 is 0 Å². The fraction of sp³-hybridized carbons (Fsp3) is 0.733. The molecule has 19 heavy (non-hydrogen) atoms. The van der Waals surface area contributed by atoms with Crippen LogP contribution in [0.25, 0.3) is 0 Å². The molecule has 2 fully saturated rings. The summed E-state index contributed by atoms with van der Waals surface area (Å²) >= 11 is 0. The molecule has 0 bridgehead atoms. The molecule has 4 nitrogen and oxygen atoms in total. The van der Waals surface area contributed by atoms with Crippen LogP contribution in [0.3, 0.4) is 0 Å². The number of carbonyl (C=O) groups is 2. The number of hydrogen-bond acceptors (Lipinski definition) is 3. The van der Waals surface area contributed by atoms with Crippen LogP contribution in [-0.4, -0.2) is 36.0 Å². The maximum atomic E-state index is 12.4. The highest BCUT2D eigenvalue weighted by atomic mass is 16.5. The van der Waals surface area contributed by atoms with E-state index in [-0.39, 0.29) is 24.0 Å². The highest BCUT2D eigenvalue weighted by molar-refractivity contribution is 5.92. The van der Waals surface area contributed by atoms with Crippen LogP contribution in [0.5, 0.6) is 0 Å². The van der Waals surface area contributed by atoms with Crippen LogP contribution >= 0.6 is 0 Å². The van der Waals surface area contributed by atoms with Crippen LogP contribution in [0.4, 0.5) is 0 Å². The quantitative estimate of drug-likeness (QED) is 0.568. The Morgan fingerprint density at radius 3 is 2.53 bits per heavy atom. The van der Waals surface area contributed by atoms with E-state index in [1.54, 1.807) is 11.0 Å². The van der Waals surface area contributed by atoms with E-state index in [1.165, 1.54) is 13.5 Å². The molecule has 1 amide bonds.